The summed E-state index contributed by atoms with van der Waals surface area (Å²) in [5.74, 6) is -0.240. The summed E-state index contributed by atoms with van der Waals surface area (Å²) in [4.78, 5) is 23.1. The van der Waals surface area contributed by atoms with Crippen molar-refractivity contribution in [1.82, 2.24) is 5.32 Å². The van der Waals surface area contributed by atoms with Gasteiger partial charge in [-0.3, -0.25) is 9.59 Å². The Morgan fingerprint density at radius 2 is 1.94 bits per heavy atom. The summed E-state index contributed by atoms with van der Waals surface area (Å²) in [6.07, 6.45) is 4.94. The minimum Gasteiger partial charge on any atom is -0.368 e. The lowest BCUT2D eigenvalue weighted by molar-refractivity contribution is -0.130. The second-order valence-corrected chi connectivity index (χ2v) is 4.76. The van der Waals surface area contributed by atoms with Crippen LogP contribution in [0.5, 0.6) is 0 Å². The van der Waals surface area contributed by atoms with Crippen molar-refractivity contribution < 1.29 is 9.59 Å². The second-order valence-electron chi connectivity index (χ2n) is 4.76. The quantitative estimate of drug-likeness (QED) is 0.739. The van der Waals surface area contributed by atoms with Crippen LogP contribution in [0, 0.1) is 11.8 Å². The fraction of sp³-hybridized carbons (Fsp3) is 0.833. The van der Waals surface area contributed by atoms with Crippen LogP contribution in [-0.4, -0.2) is 17.9 Å². The zero-order valence-electron chi connectivity index (χ0n) is 10.2. The molecule has 92 valence electrons. The van der Waals surface area contributed by atoms with E-state index in [0.717, 1.165) is 32.1 Å². The summed E-state index contributed by atoms with van der Waals surface area (Å²) in [6, 6.07) is -0.516. The number of amides is 2. The lowest BCUT2D eigenvalue weighted by Gasteiger charge is -2.22. The molecule has 1 aliphatic carbocycles. The zero-order valence-corrected chi connectivity index (χ0v) is 10.2. The molecule has 0 radical (unpaired) electrons. The molecule has 2 amide bonds. The third-order valence-electron chi connectivity index (χ3n) is 3.54. The summed E-state index contributed by atoms with van der Waals surface area (Å²) < 4.78 is 0. The Balaban J connectivity index is 2.53. The molecular weight excluding hydrogens is 204 g/mol. The molecule has 0 aromatic rings. The summed E-state index contributed by atoms with van der Waals surface area (Å²) in [6.45, 7) is 3.92. The molecule has 2 unspecified atom stereocenters. The minimum absolute atomic E-state index is 0.00148. The van der Waals surface area contributed by atoms with Gasteiger partial charge in [0, 0.05) is 5.92 Å². The van der Waals surface area contributed by atoms with E-state index in [2.05, 4.69) is 5.32 Å². The van der Waals surface area contributed by atoms with E-state index in [4.69, 9.17) is 5.73 Å². The van der Waals surface area contributed by atoms with Gasteiger partial charge in [-0.25, -0.2) is 0 Å². The third-order valence-corrected chi connectivity index (χ3v) is 3.54. The van der Waals surface area contributed by atoms with Gasteiger partial charge in [0.25, 0.3) is 0 Å². The van der Waals surface area contributed by atoms with E-state index in [1.165, 1.54) is 0 Å². The van der Waals surface area contributed by atoms with Gasteiger partial charge >= 0.3 is 0 Å². The molecule has 0 bridgehead atoms. The Morgan fingerprint density at radius 3 is 2.38 bits per heavy atom. The van der Waals surface area contributed by atoms with E-state index < -0.39 is 11.9 Å². The maximum absolute atomic E-state index is 11.9. The fourth-order valence-corrected chi connectivity index (χ4v) is 2.19. The number of carbonyl (C=O) groups excluding carboxylic acids is 2. The van der Waals surface area contributed by atoms with Gasteiger partial charge in [-0.15, -0.1) is 0 Å². The molecule has 0 aromatic heterocycles. The molecule has 0 heterocycles. The van der Waals surface area contributed by atoms with Gasteiger partial charge in [0.05, 0.1) is 0 Å². The number of hydrogen-bond acceptors (Lipinski definition) is 2. The Morgan fingerprint density at radius 1 is 1.38 bits per heavy atom. The average Bonchev–Trinajstić information content (AvgIpc) is 2.77. The van der Waals surface area contributed by atoms with E-state index in [0.29, 0.717) is 0 Å². The normalized spacial score (nSPS) is 20.4. The maximum atomic E-state index is 11.9. The third kappa shape index (κ3) is 3.22. The maximum Gasteiger partial charge on any atom is 0.240 e. The molecule has 4 heteroatoms. The predicted molar refractivity (Wildman–Crippen MR) is 62.5 cm³/mol. The van der Waals surface area contributed by atoms with Crippen molar-refractivity contribution in [3.8, 4) is 0 Å². The minimum atomic E-state index is -0.516. The van der Waals surface area contributed by atoms with Crippen LogP contribution in [0.15, 0.2) is 0 Å². The molecule has 2 atom stereocenters. The van der Waals surface area contributed by atoms with E-state index in [9.17, 15) is 9.59 Å². The van der Waals surface area contributed by atoms with Crippen LogP contribution >= 0.6 is 0 Å². The van der Waals surface area contributed by atoms with Crippen molar-refractivity contribution in [2.45, 2.75) is 52.0 Å². The summed E-state index contributed by atoms with van der Waals surface area (Å²) >= 11 is 0. The van der Waals surface area contributed by atoms with E-state index in [1.54, 1.807) is 0 Å². The van der Waals surface area contributed by atoms with Crippen molar-refractivity contribution in [1.29, 1.82) is 0 Å². The van der Waals surface area contributed by atoms with E-state index in [1.807, 2.05) is 13.8 Å². The molecule has 1 aliphatic rings. The predicted octanol–water partition coefficient (Wildman–Crippen LogP) is 1.19. The largest absolute Gasteiger partial charge is 0.368 e. The number of primary amides is 1. The number of hydrogen-bond donors (Lipinski definition) is 2. The Bertz CT molecular complexity index is 260. The standard InChI is InChI=1S/C12H22N2O2/c1-3-8(2)10(11(13)15)14-12(16)9-6-4-5-7-9/h8-10H,3-7H2,1-2H3,(H2,13,15)(H,14,16). The van der Waals surface area contributed by atoms with Crippen LogP contribution in [0.1, 0.15) is 46.0 Å². The Kier molecular flexibility index (Phi) is 4.77. The van der Waals surface area contributed by atoms with Gasteiger partial charge in [-0.1, -0.05) is 33.1 Å². The van der Waals surface area contributed by atoms with Crippen LogP contribution in [0.2, 0.25) is 0 Å². The lowest BCUT2D eigenvalue weighted by atomic mass is 9.97. The molecule has 1 saturated carbocycles. The number of rotatable bonds is 5. The van der Waals surface area contributed by atoms with Crippen LogP contribution in [0.3, 0.4) is 0 Å². The van der Waals surface area contributed by atoms with Gasteiger partial charge in [-0.05, 0) is 18.8 Å². The first-order valence-corrected chi connectivity index (χ1v) is 6.16. The van der Waals surface area contributed by atoms with Crippen LogP contribution < -0.4 is 11.1 Å². The van der Waals surface area contributed by atoms with Crippen LogP contribution in [0.25, 0.3) is 0 Å². The molecule has 3 N–H and O–H groups in total. The molecule has 1 rings (SSSR count). The van der Waals surface area contributed by atoms with Crippen molar-refractivity contribution in [3.05, 3.63) is 0 Å². The van der Waals surface area contributed by atoms with Crippen LogP contribution in [-0.2, 0) is 9.59 Å². The number of carbonyl (C=O) groups is 2. The van der Waals surface area contributed by atoms with Crippen molar-refractivity contribution in [2.24, 2.45) is 17.6 Å². The van der Waals surface area contributed by atoms with Crippen molar-refractivity contribution >= 4 is 11.8 Å². The molecule has 0 aliphatic heterocycles. The Hall–Kier alpha value is -1.06. The van der Waals surface area contributed by atoms with Gasteiger partial charge in [0.2, 0.25) is 11.8 Å². The van der Waals surface area contributed by atoms with Crippen molar-refractivity contribution in [3.63, 3.8) is 0 Å². The fourth-order valence-electron chi connectivity index (χ4n) is 2.19. The highest BCUT2D eigenvalue weighted by atomic mass is 16.2. The SMILES string of the molecule is CCC(C)C(NC(=O)C1CCCC1)C(N)=O. The van der Waals surface area contributed by atoms with Gasteiger partial charge in [-0.2, -0.15) is 0 Å². The molecule has 1 fully saturated rings. The smallest absolute Gasteiger partial charge is 0.240 e. The highest BCUT2D eigenvalue weighted by Gasteiger charge is 2.28. The van der Waals surface area contributed by atoms with E-state index in [-0.39, 0.29) is 17.7 Å². The van der Waals surface area contributed by atoms with E-state index >= 15 is 0 Å². The molecular formula is C12H22N2O2. The Labute approximate surface area is 97.0 Å². The summed E-state index contributed by atoms with van der Waals surface area (Å²) in [7, 11) is 0. The molecule has 0 aromatic carbocycles. The van der Waals surface area contributed by atoms with Gasteiger partial charge < -0.3 is 11.1 Å². The highest BCUT2D eigenvalue weighted by Crippen LogP contribution is 2.25. The summed E-state index contributed by atoms with van der Waals surface area (Å²) in [5.41, 5.74) is 5.31. The molecule has 0 saturated heterocycles. The first-order chi connectivity index (χ1) is 7.56. The summed E-state index contributed by atoms with van der Waals surface area (Å²) in [5, 5.41) is 2.80. The zero-order chi connectivity index (χ0) is 12.1. The molecule has 0 spiro atoms. The van der Waals surface area contributed by atoms with Gasteiger partial charge in [0.15, 0.2) is 0 Å². The number of nitrogens with two attached hydrogens (primary N) is 1. The number of nitrogens with one attached hydrogen (secondary N) is 1. The lowest BCUT2D eigenvalue weighted by Crippen LogP contribution is -2.49. The highest BCUT2D eigenvalue weighted by molar-refractivity contribution is 5.87. The molecule has 4 nitrogen and oxygen atoms in total. The molecule has 16 heavy (non-hydrogen) atoms. The second kappa shape index (κ2) is 5.87. The topological polar surface area (TPSA) is 72.2 Å². The average molecular weight is 226 g/mol. The first-order valence-electron chi connectivity index (χ1n) is 6.16. The van der Waals surface area contributed by atoms with Crippen molar-refractivity contribution in [2.75, 3.05) is 0 Å². The van der Waals surface area contributed by atoms with Crippen LogP contribution in [0.4, 0.5) is 0 Å². The first kappa shape index (κ1) is 13.0. The monoisotopic (exact) mass is 226 g/mol. The van der Waals surface area contributed by atoms with Gasteiger partial charge in [0.1, 0.15) is 6.04 Å².